The van der Waals surface area contributed by atoms with Gasteiger partial charge in [-0.05, 0) is 40.5 Å². The van der Waals surface area contributed by atoms with E-state index in [2.05, 4.69) is 21.1 Å². The summed E-state index contributed by atoms with van der Waals surface area (Å²) < 4.78 is 10.6. The van der Waals surface area contributed by atoms with Gasteiger partial charge >= 0.3 is 5.91 Å². The SMILES string of the molecule is COc1cc([C@H]2C(=C(O)c3ccccc3)C(=O)C(=O)N2c2cc(C)on2)cc(Br)c1O. The van der Waals surface area contributed by atoms with Crippen molar-refractivity contribution in [2.24, 2.45) is 0 Å². The lowest BCUT2D eigenvalue weighted by Gasteiger charge is -2.23. The highest BCUT2D eigenvalue weighted by molar-refractivity contribution is 9.10. The second-order valence-corrected chi connectivity index (χ2v) is 7.74. The molecular formula is C22H17BrN2O6. The van der Waals surface area contributed by atoms with Crippen molar-refractivity contribution < 1.29 is 29.1 Å². The number of amides is 1. The van der Waals surface area contributed by atoms with Gasteiger partial charge in [-0.25, -0.2) is 0 Å². The molecule has 0 spiro atoms. The minimum absolute atomic E-state index is 0.114. The third-order valence-corrected chi connectivity index (χ3v) is 5.54. The minimum atomic E-state index is -1.03. The highest BCUT2D eigenvalue weighted by Gasteiger charge is 2.48. The molecule has 31 heavy (non-hydrogen) atoms. The summed E-state index contributed by atoms with van der Waals surface area (Å²) >= 11 is 3.27. The van der Waals surface area contributed by atoms with Crippen molar-refractivity contribution in [3.63, 3.8) is 0 Å². The number of rotatable bonds is 4. The van der Waals surface area contributed by atoms with Gasteiger partial charge in [0.25, 0.3) is 5.78 Å². The standard InChI is InChI=1S/C22H17BrN2O6/c1-11-8-16(24-31-11)25-18(13-9-14(23)20(27)15(10-13)30-2)17(21(28)22(25)29)19(26)12-6-4-3-5-7-12/h3-10,18,26-27H,1-2H3/t18-/m0/s1. The number of benzene rings is 2. The number of phenols is 1. The van der Waals surface area contributed by atoms with E-state index in [1.165, 1.54) is 19.2 Å². The molecule has 1 aromatic heterocycles. The van der Waals surface area contributed by atoms with Crippen LogP contribution in [0, 0.1) is 6.92 Å². The van der Waals surface area contributed by atoms with Crippen LogP contribution in [0.1, 0.15) is 22.9 Å². The van der Waals surface area contributed by atoms with Crippen LogP contribution in [0.5, 0.6) is 11.5 Å². The Morgan fingerprint density at radius 2 is 1.90 bits per heavy atom. The molecule has 3 aromatic rings. The predicted molar refractivity (Wildman–Crippen MR) is 115 cm³/mol. The van der Waals surface area contributed by atoms with Crippen LogP contribution in [0.15, 0.2) is 63.1 Å². The summed E-state index contributed by atoms with van der Waals surface area (Å²) in [5, 5.41) is 25.1. The first kappa shape index (κ1) is 20.7. The maximum Gasteiger partial charge on any atom is 0.301 e. The van der Waals surface area contributed by atoms with Crippen molar-refractivity contribution in [1.82, 2.24) is 5.16 Å². The zero-order valence-electron chi connectivity index (χ0n) is 16.5. The molecule has 158 valence electrons. The van der Waals surface area contributed by atoms with Crippen LogP contribution in [-0.2, 0) is 9.59 Å². The largest absolute Gasteiger partial charge is 0.507 e. The molecule has 8 nitrogen and oxygen atoms in total. The van der Waals surface area contributed by atoms with Gasteiger partial charge in [-0.15, -0.1) is 0 Å². The fraction of sp³-hybridized carbons (Fsp3) is 0.136. The molecule has 0 unspecified atom stereocenters. The predicted octanol–water partition coefficient (Wildman–Crippen LogP) is 4.09. The molecule has 1 atom stereocenters. The van der Waals surface area contributed by atoms with Crippen molar-refractivity contribution in [3.05, 3.63) is 75.5 Å². The summed E-state index contributed by atoms with van der Waals surface area (Å²) in [6.07, 6.45) is 0. The van der Waals surface area contributed by atoms with Gasteiger partial charge in [0.2, 0.25) is 0 Å². The van der Waals surface area contributed by atoms with Crippen molar-refractivity contribution in [1.29, 1.82) is 0 Å². The van der Waals surface area contributed by atoms with E-state index in [4.69, 9.17) is 9.26 Å². The molecule has 0 radical (unpaired) electrons. The van der Waals surface area contributed by atoms with Gasteiger partial charge in [-0.1, -0.05) is 35.5 Å². The summed E-state index contributed by atoms with van der Waals surface area (Å²) in [6.45, 7) is 1.66. The number of anilines is 1. The Morgan fingerprint density at radius 1 is 1.19 bits per heavy atom. The Kier molecular flexibility index (Phi) is 5.28. The zero-order chi connectivity index (χ0) is 22.3. The first-order chi connectivity index (χ1) is 14.8. The molecular weight excluding hydrogens is 468 g/mol. The summed E-state index contributed by atoms with van der Waals surface area (Å²) in [5.74, 6) is -1.48. The number of aliphatic hydroxyl groups is 1. The number of hydrogen-bond donors (Lipinski definition) is 2. The average molecular weight is 485 g/mol. The van der Waals surface area contributed by atoms with E-state index in [0.29, 0.717) is 21.4 Å². The van der Waals surface area contributed by atoms with Gasteiger partial charge < -0.3 is 19.5 Å². The van der Waals surface area contributed by atoms with Gasteiger partial charge in [0.05, 0.1) is 23.2 Å². The van der Waals surface area contributed by atoms with E-state index in [1.54, 1.807) is 43.3 Å². The van der Waals surface area contributed by atoms with Crippen LogP contribution in [0.4, 0.5) is 5.82 Å². The normalized spacial score (nSPS) is 17.9. The molecule has 2 heterocycles. The second-order valence-electron chi connectivity index (χ2n) is 6.88. The quantitative estimate of drug-likeness (QED) is 0.325. The zero-order valence-corrected chi connectivity index (χ0v) is 18.1. The molecule has 1 aliphatic heterocycles. The smallest absolute Gasteiger partial charge is 0.301 e. The lowest BCUT2D eigenvalue weighted by molar-refractivity contribution is -0.132. The molecule has 0 aliphatic carbocycles. The number of aromatic hydroxyl groups is 1. The Morgan fingerprint density at radius 3 is 2.52 bits per heavy atom. The Balaban J connectivity index is 2.00. The van der Waals surface area contributed by atoms with Crippen molar-refractivity contribution in [3.8, 4) is 11.5 Å². The maximum absolute atomic E-state index is 13.0. The van der Waals surface area contributed by atoms with E-state index in [-0.39, 0.29) is 28.6 Å². The number of aromatic nitrogens is 1. The number of carbonyl (C=O) groups is 2. The molecule has 0 saturated carbocycles. The van der Waals surface area contributed by atoms with Crippen LogP contribution < -0.4 is 9.64 Å². The number of methoxy groups -OCH3 is 1. The Bertz CT molecular complexity index is 1220. The van der Waals surface area contributed by atoms with Crippen LogP contribution in [0.3, 0.4) is 0 Å². The van der Waals surface area contributed by atoms with Gasteiger partial charge in [0, 0.05) is 11.6 Å². The number of carbonyl (C=O) groups excluding carboxylic acids is 2. The summed E-state index contributed by atoms with van der Waals surface area (Å²) in [7, 11) is 1.38. The molecule has 4 rings (SSSR count). The van der Waals surface area contributed by atoms with E-state index < -0.39 is 17.7 Å². The molecule has 2 N–H and O–H groups in total. The third-order valence-electron chi connectivity index (χ3n) is 4.94. The Labute approximate surface area is 185 Å². The number of ketones is 1. The number of hydrogen-bond acceptors (Lipinski definition) is 7. The fourth-order valence-electron chi connectivity index (χ4n) is 3.51. The number of halogens is 1. The molecule has 2 aromatic carbocycles. The molecule has 1 amide bonds. The summed E-state index contributed by atoms with van der Waals surface area (Å²) in [5.41, 5.74) is 0.682. The van der Waals surface area contributed by atoms with Crippen molar-refractivity contribution in [2.75, 3.05) is 12.0 Å². The second kappa shape index (κ2) is 7.92. The number of phenolic OH excluding ortho intramolecular Hbond substituents is 1. The highest BCUT2D eigenvalue weighted by atomic mass is 79.9. The molecule has 1 saturated heterocycles. The average Bonchev–Trinajstić information content (AvgIpc) is 3.31. The van der Waals surface area contributed by atoms with Gasteiger partial charge in [-0.2, -0.15) is 0 Å². The molecule has 9 heteroatoms. The number of Topliss-reactive ketones (excluding diaryl/α,β-unsaturated/α-hetero) is 1. The molecule has 1 aliphatic rings. The first-order valence-electron chi connectivity index (χ1n) is 9.19. The number of ether oxygens (including phenoxy) is 1. The first-order valence-corrected chi connectivity index (χ1v) is 9.99. The van der Waals surface area contributed by atoms with Crippen molar-refractivity contribution >= 4 is 39.2 Å². The monoisotopic (exact) mass is 484 g/mol. The van der Waals surface area contributed by atoms with Gasteiger partial charge in [0.1, 0.15) is 11.5 Å². The van der Waals surface area contributed by atoms with E-state index in [9.17, 15) is 19.8 Å². The number of aliphatic hydroxyl groups excluding tert-OH is 1. The van der Waals surface area contributed by atoms with Crippen LogP contribution in [0.2, 0.25) is 0 Å². The summed E-state index contributed by atoms with van der Waals surface area (Å²) in [4.78, 5) is 27.2. The van der Waals surface area contributed by atoms with Crippen LogP contribution in [-0.4, -0.2) is 34.2 Å². The number of nitrogens with zero attached hydrogens (tertiary/aromatic N) is 2. The van der Waals surface area contributed by atoms with Gasteiger partial charge in [0.15, 0.2) is 17.3 Å². The van der Waals surface area contributed by atoms with Crippen LogP contribution >= 0.6 is 15.9 Å². The van der Waals surface area contributed by atoms with E-state index >= 15 is 0 Å². The third kappa shape index (κ3) is 3.46. The highest BCUT2D eigenvalue weighted by Crippen LogP contribution is 2.45. The summed E-state index contributed by atoms with van der Waals surface area (Å²) in [6, 6.07) is 12.0. The molecule has 0 bridgehead atoms. The Hall–Kier alpha value is -3.59. The van der Waals surface area contributed by atoms with Crippen molar-refractivity contribution in [2.45, 2.75) is 13.0 Å². The number of aryl methyl sites for hydroxylation is 1. The maximum atomic E-state index is 13.0. The lowest BCUT2D eigenvalue weighted by atomic mass is 9.95. The van der Waals surface area contributed by atoms with Crippen LogP contribution in [0.25, 0.3) is 5.76 Å². The minimum Gasteiger partial charge on any atom is -0.507 e. The molecule has 1 fully saturated rings. The fourth-order valence-corrected chi connectivity index (χ4v) is 3.97. The topological polar surface area (TPSA) is 113 Å². The van der Waals surface area contributed by atoms with E-state index in [1.807, 2.05) is 0 Å². The van der Waals surface area contributed by atoms with Gasteiger partial charge in [-0.3, -0.25) is 14.5 Å². The lowest BCUT2D eigenvalue weighted by Crippen LogP contribution is -2.29. The van der Waals surface area contributed by atoms with E-state index in [0.717, 1.165) is 4.90 Å².